The third-order valence-electron chi connectivity index (χ3n) is 4.52. The first-order chi connectivity index (χ1) is 11.9. The molecule has 1 fully saturated rings. The van der Waals surface area contributed by atoms with Gasteiger partial charge in [0.25, 0.3) is 0 Å². The van der Waals surface area contributed by atoms with E-state index < -0.39 is 18.2 Å². The first-order valence-electron chi connectivity index (χ1n) is 8.16. The number of fused-ring (bicyclic) bond motifs is 1. The maximum absolute atomic E-state index is 12.3. The molecule has 0 saturated carbocycles. The van der Waals surface area contributed by atoms with Crippen molar-refractivity contribution in [3.63, 3.8) is 0 Å². The molecule has 0 aliphatic carbocycles. The minimum absolute atomic E-state index is 0.325. The predicted molar refractivity (Wildman–Crippen MR) is 89.6 cm³/mol. The van der Waals surface area contributed by atoms with E-state index in [9.17, 15) is 9.59 Å². The lowest BCUT2D eigenvalue weighted by molar-refractivity contribution is -0.151. The highest BCUT2D eigenvalue weighted by molar-refractivity contribution is 5.85. The largest absolute Gasteiger partial charge is 0.497 e. The van der Waals surface area contributed by atoms with Gasteiger partial charge in [-0.2, -0.15) is 0 Å². The average molecular weight is 347 g/mol. The standard InChI is InChI=1S/C18H21NO6/c1-9-12-8-11(23-3)4-5-13(12)25-16(9)10(2)19-17(20)14-6-7-15(24-14)18(21)22/h4-5,8,10,14-15H,6-7H2,1-3H3,(H,19,20)(H,21,22)/t10?,14-,15+/m0/s1. The molecule has 1 aliphatic heterocycles. The molecule has 134 valence electrons. The molecule has 1 amide bonds. The number of aryl methyl sites for hydroxylation is 1. The van der Waals surface area contributed by atoms with Gasteiger partial charge in [-0.15, -0.1) is 0 Å². The molecule has 0 radical (unpaired) electrons. The third-order valence-corrected chi connectivity index (χ3v) is 4.52. The van der Waals surface area contributed by atoms with E-state index in [4.69, 9.17) is 19.0 Å². The van der Waals surface area contributed by atoms with Gasteiger partial charge in [0.2, 0.25) is 5.91 Å². The minimum atomic E-state index is -1.04. The van der Waals surface area contributed by atoms with Crippen LogP contribution in [0.3, 0.4) is 0 Å². The summed E-state index contributed by atoms with van der Waals surface area (Å²) in [5.74, 6) is 0.0298. The zero-order chi connectivity index (χ0) is 18.1. The number of carboxylic acids is 1. The molecule has 3 rings (SSSR count). The predicted octanol–water partition coefficient (Wildman–Crippen LogP) is 2.56. The van der Waals surface area contributed by atoms with Crippen LogP contribution in [0, 0.1) is 6.92 Å². The molecule has 0 spiro atoms. The normalized spacial score (nSPS) is 21.2. The van der Waals surface area contributed by atoms with Crippen LogP contribution in [0.5, 0.6) is 5.75 Å². The van der Waals surface area contributed by atoms with Crippen molar-refractivity contribution < 1.29 is 28.6 Å². The van der Waals surface area contributed by atoms with Gasteiger partial charge in [-0.1, -0.05) is 0 Å². The summed E-state index contributed by atoms with van der Waals surface area (Å²) in [6, 6.07) is 5.18. The molecular formula is C18H21NO6. The Morgan fingerprint density at radius 2 is 2.04 bits per heavy atom. The molecule has 2 heterocycles. The van der Waals surface area contributed by atoms with Crippen LogP contribution in [0.15, 0.2) is 22.6 Å². The summed E-state index contributed by atoms with van der Waals surface area (Å²) in [6.07, 6.45) is -0.920. The second kappa shape index (κ2) is 6.76. The number of hydrogen-bond acceptors (Lipinski definition) is 5. The first kappa shape index (κ1) is 17.3. The van der Waals surface area contributed by atoms with Crippen LogP contribution in [0.25, 0.3) is 11.0 Å². The molecular weight excluding hydrogens is 326 g/mol. The average Bonchev–Trinajstić information content (AvgIpc) is 3.20. The Morgan fingerprint density at radius 1 is 1.32 bits per heavy atom. The van der Waals surface area contributed by atoms with Crippen molar-refractivity contribution in [1.82, 2.24) is 5.32 Å². The molecule has 3 atom stereocenters. The van der Waals surface area contributed by atoms with E-state index in [2.05, 4.69) is 5.32 Å². The van der Waals surface area contributed by atoms with Gasteiger partial charge in [-0.05, 0) is 44.9 Å². The summed E-state index contributed by atoms with van der Waals surface area (Å²) in [5.41, 5.74) is 1.65. The summed E-state index contributed by atoms with van der Waals surface area (Å²) in [4.78, 5) is 23.3. The Bertz CT molecular complexity index is 811. The summed E-state index contributed by atoms with van der Waals surface area (Å²) >= 11 is 0. The van der Waals surface area contributed by atoms with Crippen molar-refractivity contribution in [2.24, 2.45) is 0 Å². The Hall–Kier alpha value is -2.54. The van der Waals surface area contributed by atoms with Crippen LogP contribution in [0.2, 0.25) is 0 Å². The number of ether oxygens (including phenoxy) is 2. The fraction of sp³-hybridized carbons (Fsp3) is 0.444. The lowest BCUT2D eigenvalue weighted by atomic mass is 10.1. The summed E-state index contributed by atoms with van der Waals surface area (Å²) < 4.78 is 16.4. The van der Waals surface area contributed by atoms with Crippen molar-refractivity contribution in [1.29, 1.82) is 0 Å². The minimum Gasteiger partial charge on any atom is -0.497 e. The van der Waals surface area contributed by atoms with E-state index in [1.165, 1.54) is 0 Å². The molecule has 0 bridgehead atoms. The zero-order valence-corrected chi connectivity index (χ0v) is 14.4. The fourth-order valence-electron chi connectivity index (χ4n) is 3.14. The van der Waals surface area contributed by atoms with Crippen LogP contribution in [0.1, 0.15) is 37.1 Å². The molecule has 1 saturated heterocycles. The van der Waals surface area contributed by atoms with Crippen molar-refractivity contribution in [2.45, 2.75) is 44.9 Å². The van der Waals surface area contributed by atoms with Gasteiger partial charge in [-0.3, -0.25) is 4.79 Å². The number of aliphatic carboxylic acids is 1. The molecule has 1 aromatic carbocycles. The highest BCUT2D eigenvalue weighted by atomic mass is 16.5. The van der Waals surface area contributed by atoms with E-state index >= 15 is 0 Å². The van der Waals surface area contributed by atoms with Gasteiger partial charge in [-0.25, -0.2) is 4.79 Å². The summed E-state index contributed by atoms with van der Waals surface area (Å²) in [6.45, 7) is 3.75. The van der Waals surface area contributed by atoms with E-state index in [0.29, 0.717) is 18.6 Å². The van der Waals surface area contributed by atoms with Gasteiger partial charge >= 0.3 is 5.97 Å². The van der Waals surface area contributed by atoms with Crippen LogP contribution < -0.4 is 10.1 Å². The number of methoxy groups -OCH3 is 1. The Balaban J connectivity index is 1.74. The Labute approximate surface area is 144 Å². The lowest BCUT2D eigenvalue weighted by Gasteiger charge is -2.16. The molecule has 1 aromatic heterocycles. The molecule has 2 aromatic rings. The molecule has 7 nitrogen and oxygen atoms in total. The van der Waals surface area contributed by atoms with Crippen LogP contribution in [-0.2, 0) is 14.3 Å². The number of furan rings is 1. The summed E-state index contributed by atoms with van der Waals surface area (Å²) in [5, 5.41) is 12.7. The number of rotatable bonds is 5. The number of nitrogens with one attached hydrogen (secondary N) is 1. The van der Waals surface area contributed by atoms with Crippen molar-refractivity contribution in [2.75, 3.05) is 7.11 Å². The number of hydrogen-bond donors (Lipinski definition) is 2. The van der Waals surface area contributed by atoms with Gasteiger partial charge in [0.1, 0.15) is 23.2 Å². The molecule has 7 heteroatoms. The highest BCUT2D eigenvalue weighted by Gasteiger charge is 2.35. The van der Waals surface area contributed by atoms with Crippen molar-refractivity contribution >= 4 is 22.8 Å². The second-order valence-corrected chi connectivity index (χ2v) is 6.21. The zero-order valence-electron chi connectivity index (χ0n) is 14.4. The summed E-state index contributed by atoms with van der Waals surface area (Å²) in [7, 11) is 1.60. The topological polar surface area (TPSA) is 98.0 Å². The fourth-order valence-corrected chi connectivity index (χ4v) is 3.14. The van der Waals surface area contributed by atoms with Gasteiger partial charge in [0.15, 0.2) is 6.10 Å². The van der Waals surface area contributed by atoms with Gasteiger partial charge in [0.05, 0.1) is 13.2 Å². The molecule has 1 aliphatic rings. The Morgan fingerprint density at radius 3 is 2.68 bits per heavy atom. The molecule has 1 unspecified atom stereocenters. The number of carbonyl (C=O) groups is 2. The quantitative estimate of drug-likeness (QED) is 0.862. The van der Waals surface area contributed by atoms with Crippen LogP contribution in [-0.4, -0.2) is 36.3 Å². The number of benzene rings is 1. The van der Waals surface area contributed by atoms with E-state index in [1.807, 2.05) is 32.0 Å². The molecule has 2 N–H and O–H groups in total. The van der Waals surface area contributed by atoms with Gasteiger partial charge in [0, 0.05) is 10.9 Å². The van der Waals surface area contributed by atoms with Crippen LogP contribution in [0.4, 0.5) is 0 Å². The van der Waals surface area contributed by atoms with Gasteiger partial charge < -0.3 is 24.3 Å². The number of amides is 1. The second-order valence-electron chi connectivity index (χ2n) is 6.21. The lowest BCUT2D eigenvalue weighted by Crippen LogP contribution is -2.37. The van der Waals surface area contributed by atoms with E-state index in [0.717, 1.165) is 22.3 Å². The number of carboxylic acid groups (broad SMARTS) is 1. The maximum atomic E-state index is 12.3. The van der Waals surface area contributed by atoms with Crippen molar-refractivity contribution in [3.05, 3.63) is 29.5 Å². The van der Waals surface area contributed by atoms with E-state index in [1.54, 1.807) is 7.11 Å². The maximum Gasteiger partial charge on any atom is 0.332 e. The highest BCUT2D eigenvalue weighted by Crippen LogP contribution is 2.32. The van der Waals surface area contributed by atoms with Crippen LogP contribution >= 0.6 is 0 Å². The van der Waals surface area contributed by atoms with E-state index in [-0.39, 0.29) is 11.9 Å². The molecule has 25 heavy (non-hydrogen) atoms. The SMILES string of the molecule is COc1ccc2oc(C(C)NC(=O)[C@@H]3CC[C@H](C(=O)O)O3)c(C)c2c1. The van der Waals surface area contributed by atoms with Crippen molar-refractivity contribution in [3.8, 4) is 5.75 Å². The first-order valence-corrected chi connectivity index (χ1v) is 8.16. The smallest absolute Gasteiger partial charge is 0.332 e. The third kappa shape index (κ3) is 3.32. The monoisotopic (exact) mass is 347 g/mol. The Kier molecular flexibility index (Phi) is 4.67. The number of carbonyl (C=O) groups excluding carboxylic acids is 1.